The van der Waals surface area contributed by atoms with Gasteiger partial charge in [0.25, 0.3) is 5.56 Å². The van der Waals surface area contributed by atoms with Crippen molar-refractivity contribution in [3.05, 3.63) is 51.3 Å². The van der Waals surface area contributed by atoms with Gasteiger partial charge in [0, 0.05) is 20.2 Å². The van der Waals surface area contributed by atoms with Crippen LogP contribution in [-0.2, 0) is 20.6 Å². The van der Waals surface area contributed by atoms with Crippen molar-refractivity contribution in [1.82, 2.24) is 28.8 Å². The van der Waals surface area contributed by atoms with Gasteiger partial charge in [-0.3, -0.25) is 13.9 Å². The fourth-order valence-corrected chi connectivity index (χ4v) is 3.07. The molecule has 0 aliphatic heterocycles. The van der Waals surface area contributed by atoms with Gasteiger partial charge in [0.2, 0.25) is 11.7 Å². The maximum Gasteiger partial charge on any atom is 0.332 e. The van der Waals surface area contributed by atoms with Crippen molar-refractivity contribution in [2.75, 3.05) is 14.2 Å². The van der Waals surface area contributed by atoms with Crippen LogP contribution in [0.2, 0.25) is 0 Å². The van der Waals surface area contributed by atoms with Crippen LogP contribution in [0.3, 0.4) is 0 Å². The minimum absolute atomic E-state index is 0.120. The molecule has 0 atom stereocenters. The summed E-state index contributed by atoms with van der Waals surface area (Å²) >= 11 is 0. The molecule has 0 saturated heterocycles. The number of imidazole rings is 1. The molecule has 1 aromatic carbocycles. The summed E-state index contributed by atoms with van der Waals surface area (Å²) < 4.78 is 19.8. The zero-order valence-electron chi connectivity index (χ0n) is 16.2. The van der Waals surface area contributed by atoms with E-state index in [4.69, 9.17) is 14.0 Å². The molecular formula is C18H18N6O5. The first kappa shape index (κ1) is 18.5. The van der Waals surface area contributed by atoms with Crippen LogP contribution in [0, 0.1) is 0 Å². The summed E-state index contributed by atoms with van der Waals surface area (Å²) in [6.45, 7) is 0.120. The van der Waals surface area contributed by atoms with E-state index >= 15 is 0 Å². The van der Waals surface area contributed by atoms with Crippen LogP contribution >= 0.6 is 0 Å². The van der Waals surface area contributed by atoms with Crippen LogP contribution in [0.4, 0.5) is 0 Å². The molecule has 3 aromatic heterocycles. The van der Waals surface area contributed by atoms with Crippen molar-refractivity contribution in [3.63, 3.8) is 0 Å². The molecule has 0 fully saturated rings. The lowest BCUT2D eigenvalue weighted by atomic mass is 10.2. The number of hydrogen-bond donors (Lipinski definition) is 0. The monoisotopic (exact) mass is 398 g/mol. The summed E-state index contributed by atoms with van der Waals surface area (Å²) in [5.41, 5.74) is 0.305. The van der Waals surface area contributed by atoms with Gasteiger partial charge in [-0.25, -0.2) is 9.78 Å². The van der Waals surface area contributed by atoms with E-state index in [1.54, 1.807) is 36.9 Å². The molecule has 4 rings (SSSR count). The molecule has 0 radical (unpaired) electrons. The van der Waals surface area contributed by atoms with Crippen LogP contribution in [-0.4, -0.2) is 43.0 Å². The minimum Gasteiger partial charge on any atom is -0.497 e. The standard InChI is InChI=1S/C18H18N6O5/c1-22-16-14(17(25)23(2)18(22)26)24(9-19-16)8-13-20-15(21-29-13)11-6-5-10(27-3)7-12(11)28-4/h5-7,9H,8H2,1-4H3. The fourth-order valence-electron chi connectivity index (χ4n) is 3.07. The number of fused-ring (bicyclic) bond motifs is 1. The number of methoxy groups -OCH3 is 2. The Hall–Kier alpha value is -3.89. The highest BCUT2D eigenvalue weighted by Gasteiger charge is 2.18. The quantitative estimate of drug-likeness (QED) is 0.478. The highest BCUT2D eigenvalue weighted by atomic mass is 16.5. The maximum atomic E-state index is 12.5. The molecule has 29 heavy (non-hydrogen) atoms. The lowest BCUT2D eigenvalue weighted by Gasteiger charge is -2.07. The van der Waals surface area contributed by atoms with E-state index in [-0.39, 0.29) is 23.6 Å². The molecule has 0 bridgehead atoms. The minimum atomic E-state index is -0.447. The lowest BCUT2D eigenvalue weighted by molar-refractivity contribution is 0.371. The summed E-state index contributed by atoms with van der Waals surface area (Å²) in [4.78, 5) is 33.2. The highest BCUT2D eigenvalue weighted by Crippen LogP contribution is 2.31. The molecular weight excluding hydrogens is 380 g/mol. The number of hydrogen-bond acceptors (Lipinski definition) is 8. The smallest absolute Gasteiger partial charge is 0.332 e. The fraction of sp³-hybridized carbons (Fsp3) is 0.278. The Bertz CT molecular complexity index is 1330. The third-order valence-corrected chi connectivity index (χ3v) is 4.64. The van der Waals surface area contributed by atoms with Gasteiger partial charge in [-0.15, -0.1) is 0 Å². The third kappa shape index (κ3) is 2.96. The summed E-state index contributed by atoms with van der Waals surface area (Å²) in [5, 5.41) is 4.00. The number of rotatable bonds is 5. The van der Waals surface area contributed by atoms with Gasteiger partial charge in [0.1, 0.15) is 18.0 Å². The van der Waals surface area contributed by atoms with Crippen LogP contribution in [0.1, 0.15) is 5.89 Å². The molecule has 11 nitrogen and oxygen atoms in total. The van der Waals surface area contributed by atoms with Crippen molar-refractivity contribution in [2.45, 2.75) is 6.54 Å². The number of aryl methyl sites for hydroxylation is 1. The van der Waals surface area contributed by atoms with Crippen LogP contribution in [0.5, 0.6) is 11.5 Å². The summed E-state index contributed by atoms with van der Waals surface area (Å²) in [7, 11) is 6.08. The van der Waals surface area contributed by atoms with E-state index in [0.29, 0.717) is 22.9 Å². The van der Waals surface area contributed by atoms with E-state index in [1.165, 1.54) is 25.1 Å². The van der Waals surface area contributed by atoms with Crippen molar-refractivity contribution >= 4 is 11.2 Å². The molecule has 0 aliphatic carbocycles. The molecule has 0 amide bonds. The van der Waals surface area contributed by atoms with Gasteiger partial charge in [-0.1, -0.05) is 5.16 Å². The topological polar surface area (TPSA) is 119 Å². The molecule has 0 unspecified atom stereocenters. The maximum absolute atomic E-state index is 12.5. The van der Waals surface area contributed by atoms with Crippen molar-refractivity contribution in [2.24, 2.45) is 14.1 Å². The normalized spacial score (nSPS) is 11.2. The number of benzene rings is 1. The Balaban J connectivity index is 1.73. The van der Waals surface area contributed by atoms with Gasteiger partial charge in [0.05, 0.1) is 26.1 Å². The van der Waals surface area contributed by atoms with E-state index in [9.17, 15) is 9.59 Å². The summed E-state index contributed by atoms with van der Waals surface area (Å²) in [6, 6.07) is 5.25. The molecule has 3 heterocycles. The first-order valence-corrected chi connectivity index (χ1v) is 8.60. The van der Waals surface area contributed by atoms with E-state index in [2.05, 4.69) is 15.1 Å². The van der Waals surface area contributed by atoms with Crippen LogP contribution in [0.25, 0.3) is 22.6 Å². The second-order valence-electron chi connectivity index (χ2n) is 6.33. The van der Waals surface area contributed by atoms with Crippen molar-refractivity contribution in [1.29, 1.82) is 0 Å². The second kappa shape index (κ2) is 6.93. The van der Waals surface area contributed by atoms with Gasteiger partial charge in [0.15, 0.2) is 11.2 Å². The van der Waals surface area contributed by atoms with Crippen molar-refractivity contribution < 1.29 is 14.0 Å². The molecule has 4 aromatic rings. The van der Waals surface area contributed by atoms with E-state index in [0.717, 1.165) is 4.57 Å². The average molecular weight is 398 g/mol. The molecule has 0 spiro atoms. The van der Waals surface area contributed by atoms with Crippen molar-refractivity contribution in [3.8, 4) is 22.9 Å². The first-order valence-electron chi connectivity index (χ1n) is 8.60. The van der Waals surface area contributed by atoms with Crippen LogP contribution < -0.4 is 20.7 Å². The van der Waals surface area contributed by atoms with Gasteiger partial charge >= 0.3 is 5.69 Å². The predicted molar refractivity (Wildman–Crippen MR) is 102 cm³/mol. The highest BCUT2D eigenvalue weighted by molar-refractivity contribution is 5.70. The zero-order valence-corrected chi connectivity index (χ0v) is 16.2. The first-order chi connectivity index (χ1) is 13.9. The number of aromatic nitrogens is 6. The lowest BCUT2D eigenvalue weighted by Crippen LogP contribution is -2.37. The average Bonchev–Trinajstić information content (AvgIpc) is 3.37. The largest absolute Gasteiger partial charge is 0.497 e. The van der Waals surface area contributed by atoms with Gasteiger partial charge < -0.3 is 18.6 Å². The second-order valence-corrected chi connectivity index (χ2v) is 6.33. The molecule has 11 heteroatoms. The van der Waals surface area contributed by atoms with Crippen LogP contribution in [0.15, 0.2) is 38.6 Å². The zero-order chi connectivity index (χ0) is 20.7. The number of ether oxygens (including phenoxy) is 2. The Morgan fingerprint density at radius 1 is 1.10 bits per heavy atom. The SMILES string of the molecule is COc1ccc(-c2noc(Cn3cnc4c3c(=O)n(C)c(=O)n4C)n2)c(OC)c1. The molecule has 0 N–H and O–H groups in total. The Morgan fingerprint density at radius 3 is 2.62 bits per heavy atom. The molecule has 0 aliphatic rings. The molecule has 0 saturated carbocycles. The predicted octanol–water partition coefficient (Wildman–Crippen LogP) is 0.549. The van der Waals surface area contributed by atoms with E-state index in [1.807, 2.05) is 0 Å². The summed E-state index contributed by atoms with van der Waals surface area (Å²) in [5.74, 6) is 1.78. The Morgan fingerprint density at radius 2 is 1.90 bits per heavy atom. The Labute approximate surface area is 163 Å². The van der Waals surface area contributed by atoms with Gasteiger partial charge in [-0.2, -0.15) is 4.98 Å². The Kier molecular flexibility index (Phi) is 4.41. The third-order valence-electron chi connectivity index (χ3n) is 4.64. The van der Waals surface area contributed by atoms with Gasteiger partial charge in [-0.05, 0) is 12.1 Å². The molecule has 150 valence electrons. The summed E-state index contributed by atoms with van der Waals surface area (Å²) in [6.07, 6.45) is 1.46. The van der Waals surface area contributed by atoms with E-state index < -0.39 is 11.2 Å². The number of nitrogens with zero attached hydrogens (tertiary/aromatic N) is 6.